The van der Waals surface area contributed by atoms with E-state index in [9.17, 15) is 5.11 Å². The molecule has 1 aromatic rings. The summed E-state index contributed by atoms with van der Waals surface area (Å²) in [6.45, 7) is 3.91. The molecule has 2 heterocycles. The van der Waals surface area contributed by atoms with Gasteiger partial charge in [-0.05, 0) is 19.4 Å². The number of hydrogen-bond donors (Lipinski definition) is 1. The van der Waals surface area contributed by atoms with Crippen LogP contribution in [0.15, 0.2) is 23.0 Å². The number of nitrogens with zero attached hydrogens (tertiary/aromatic N) is 1. The Morgan fingerprint density at radius 1 is 1.69 bits per heavy atom. The number of aliphatic hydroxyl groups excluding tert-OH is 1. The molecule has 0 saturated carbocycles. The van der Waals surface area contributed by atoms with Gasteiger partial charge < -0.3 is 9.52 Å². The highest BCUT2D eigenvalue weighted by molar-refractivity contribution is 5.11. The first-order chi connectivity index (χ1) is 6.27. The highest BCUT2D eigenvalue weighted by atomic mass is 16.3. The van der Waals surface area contributed by atoms with Crippen LogP contribution in [0.25, 0.3) is 0 Å². The molecule has 1 aliphatic heterocycles. The van der Waals surface area contributed by atoms with Crippen molar-refractivity contribution in [1.29, 1.82) is 0 Å². The van der Waals surface area contributed by atoms with E-state index < -0.39 is 0 Å². The van der Waals surface area contributed by atoms with Gasteiger partial charge in [-0.1, -0.05) is 0 Å². The van der Waals surface area contributed by atoms with E-state index in [4.69, 9.17) is 4.42 Å². The molecule has 2 rings (SSSR count). The SMILES string of the molecule is CC(c1ccoc1)N1CC[C@@H](O)C1. The number of β-amino-alcohol motifs (C(OH)–C–C–N with tert-alkyl or cyclic N) is 1. The molecule has 0 spiro atoms. The maximum atomic E-state index is 9.38. The summed E-state index contributed by atoms with van der Waals surface area (Å²) < 4.78 is 5.03. The van der Waals surface area contributed by atoms with Gasteiger partial charge in [0.25, 0.3) is 0 Å². The first-order valence-corrected chi connectivity index (χ1v) is 4.71. The Bertz CT molecular complexity index is 258. The van der Waals surface area contributed by atoms with Gasteiger partial charge in [-0.15, -0.1) is 0 Å². The Morgan fingerprint density at radius 2 is 2.54 bits per heavy atom. The molecule has 0 radical (unpaired) electrons. The molecule has 2 atom stereocenters. The van der Waals surface area contributed by atoms with Crippen LogP contribution in [0, 0.1) is 0 Å². The number of rotatable bonds is 2. The van der Waals surface area contributed by atoms with Crippen LogP contribution in [-0.2, 0) is 0 Å². The Hall–Kier alpha value is -0.800. The summed E-state index contributed by atoms with van der Waals surface area (Å²) in [4.78, 5) is 2.27. The minimum absolute atomic E-state index is 0.144. The first kappa shape index (κ1) is 8.78. The lowest BCUT2D eigenvalue weighted by atomic mass is 10.1. The fourth-order valence-corrected chi connectivity index (χ4v) is 1.84. The highest BCUT2D eigenvalue weighted by Crippen LogP contribution is 2.24. The fourth-order valence-electron chi connectivity index (χ4n) is 1.84. The van der Waals surface area contributed by atoms with Crippen molar-refractivity contribution in [1.82, 2.24) is 4.90 Å². The van der Waals surface area contributed by atoms with E-state index in [1.54, 1.807) is 12.5 Å². The van der Waals surface area contributed by atoms with Crippen molar-refractivity contribution in [3.05, 3.63) is 24.2 Å². The van der Waals surface area contributed by atoms with E-state index >= 15 is 0 Å². The maximum Gasteiger partial charge on any atom is 0.0950 e. The average Bonchev–Trinajstić information content (AvgIpc) is 2.72. The number of furan rings is 1. The van der Waals surface area contributed by atoms with E-state index in [-0.39, 0.29) is 6.10 Å². The lowest BCUT2D eigenvalue weighted by Crippen LogP contribution is -2.25. The zero-order valence-electron chi connectivity index (χ0n) is 7.81. The van der Waals surface area contributed by atoms with Gasteiger partial charge in [-0.3, -0.25) is 4.90 Å². The van der Waals surface area contributed by atoms with Gasteiger partial charge in [0, 0.05) is 24.7 Å². The lowest BCUT2D eigenvalue weighted by molar-refractivity contribution is 0.163. The van der Waals surface area contributed by atoms with Gasteiger partial charge in [-0.25, -0.2) is 0 Å². The summed E-state index contributed by atoms with van der Waals surface area (Å²) in [5.41, 5.74) is 1.19. The molecule has 1 aliphatic rings. The van der Waals surface area contributed by atoms with Crippen molar-refractivity contribution in [2.45, 2.75) is 25.5 Å². The molecule has 0 amide bonds. The van der Waals surface area contributed by atoms with Crippen LogP contribution in [-0.4, -0.2) is 29.2 Å². The van der Waals surface area contributed by atoms with Gasteiger partial charge >= 0.3 is 0 Å². The minimum atomic E-state index is -0.144. The van der Waals surface area contributed by atoms with Crippen molar-refractivity contribution < 1.29 is 9.52 Å². The minimum Gasteiger partial charge on any atom is -0.472 e. The summed E-state index contributed by atoms with van der Waals surface area (Å²) in [6.07, 6.45) is 4.21. The van der Waals surface area contributed by atoms with Gasteiger partial charge in [0.1, 0.15) is 0 Å². The van der Waals surface area contributed by atoms with Crippen LogP contribution in [0.5, 0.6) is 0 Å². The third kappa shape index (κ3) is 1.76. The van der Waals surface area contributed by atoms with Crippen molar-refractivity contribution in [2.75, 3.05) is 13.1 Å². The molecule has 1 aromatic heterocycles. The summed E-state index contributed by atoms with van der Waals surface area (Å²) in [7, 11) is 0. The van der Waals surface area contributed by atoms with Crippen molar-refractivity contribution >= 4 is 0 Å². The third-order valence-corrected chi connectivity index (χ3v) is 2.77. The van der Waals surface area contributed by atoms with Crippen LogP contribution in [0.3, 0.4) is 0 Å². The fraction of sp³-hybridized carbons (Fsp3) is 0.600. The largest absolute Gasteiger partial charge is 0.472 e. The van der Waals surface area contributed by atoms with E-state index in [1.165, 1.54) is 5.56 Å². The van der Waals surface area contributed by atoms with E-state index in [2.05, 4.69) is 11.8 Å². The summed E-state index contributed by atoms with van der Waals surface area (Å²) in [6, 6.07) is 2.34. The standard InChI is InChI=1S/C10H15NO2/c1-8(9-3-5-13-7-9)11-4-2-10(12)6-11/h3,5,7-8,10,12H,2,4,6H2,1H3/t8?,10-/m1/s1. The molecule has 0 aromatic carbocycles. The first-order valence-electron chi connectivity index (χ1n) is 4.71. The van der Waals surface area contributed by atoms with Gasteiger partial charge in [0.2, 0.25) is 0 Å². The average molecular weight is 181 g/mol. The predicted molar refractivity (Wildman–Crippen MR) is 49.3 cm³/mol. The van der Waals surface area contributed by atoms with Crippen LogP contribution < -0.4 is 0 Å². The summed E-state index contributed by atoms with van der Waals surface area (Å²) >= 11 is 0. The molecule has 0 aliphatic carbocycles. The molecular weight excluding hydrogens is 166 g/mol. The lowest BCUT2D eigenvalue weighted by Gasteiger charge is -2.22. The van der Waals surface area contributed by atoms with Gasteiger partial charge in [-0.2, -0.15) is 0 Å². The summed E-state index contributed by atoms with van der Waals surface area (Å²) in [5.74, 6) is 0. The van der Waals surface area contributed by atoms with Gasteiger partial charge in [0.15, 0.2) is 0 Å². The maximum absolute atomic E-state index is 9.38. The smallest absolute Gasteiger partial charge is 0.0950 e. The Balaban J connectivity index is 2.02. The zero-order chi connectivity index (χ0) is 9.26. The topological polar surface area (TPSA) is 36.6 Å². The van der Waals surface area contributed by atoms with Crippen LogP contribution in [0.4, 0.5) is 0 Å². The zero-order valence-corrected chi connectivity index (χ0v) is 7.81. The third-order valence-electron chi connectivity index (χ3n) is 2.77. The molecule has 3 nitrogen and oxygen atoms in total. The second-order valence-corrected chi connectivity index (χ2v) is 3.67. The second-order valence-electron chi connectivity index (χ2n) is 3.67. The van der Waals surface area contributed by atoms with Crippen molar-refractivity contribution in [3.8, 4) is 0 Å². The molecule has 1 saturated heterocycles. The van der Waals surface area contributed by atoms with Crippen LogP contribution >= 0.6 is 0 Å². The molecule has 13 heavy (non-hydrogen) atoms. The number of likely N-dealkylation sites (tertiary alicyclic amines) is 1. The molecule has 1 unspecified atom stereocenters. The highest BCUT2D eigenvalue weighted by Gasteiger charge is 2.25. The van der Waals surface area contributed by atoms with Gasteiger partial charge in [0.05, 0.1) is 18.6 Å². The Morgan fingerprint density at radius 3 is 3.08 bits per heavy atom. The van der Waals surface area contributed by atoms with E-state index in [0.29, 0.717) is 6.04 Å². The molecule has 0 bridgehead atoms. The molecule has 72 valence electrons. The van der Waals surface area contributed by atoms with E-state index in [1.807, 2.05) is 6.07 Å². The Labute approximate surface area is 78.0 Å². The molecule has 3 heteroatoms. The second kappa shape index (κ2) is 3.52. The van der Waals surface area contributed by atoms with Crippen molar-refractivity contribution in [2.24, 2.45) is 0 Å². The number of aliphatic hydroxyl groups is 1. The van der Waals surface area contributed by atoms with Crippen LogP contribution in [0.2, 0.25) is 0 Å². The normalized spacial score (nSPS) is 26.5. The van der Waals surface area contributed by atoms with Crippen molar-refractivity contribution in [3.63, 3.8) is 0 Å². The quantitative estimate of drug-likeness (QED) is 0.749. The van der Waals surface area contributed by atoms with E-state index in [0.717, 1.165) is 19.5 Å². The Kier molecular flexibility index (Phi) is 2.38. The monoisotopic (exact) mass is 181 g/mol. The molecule has 1 N–H and O–H groups in total. The molecule has 1 fully saturated rings. The summed E-state index contributed by atoms with van der Waals surface area (Å²) in [5, 5.41) is 9.38. The van der Waals surface area contributed by atoms with Crippen LogP contribution in [0.1, 0.15) is 24.9 Å². The molecular formula is C10H15NO2. The predicted octanol–water partition coefficient (Wildman–Crippen LogP) is 1.41. The number of hydrogen-bond acceptors (Lipinski definition) is 3.